The molecule has 1 N–H and O–H groups in total. The number of nitrogens with one attached hydrogen (secondary N) is 1. The van der Waals surface area contributed by atoms with Gasteiger partial charge in [0.05, 0.1) is 4.90 Å². The fourth-order valence-corrected chi connectivity index (χ4v) is 5.79. The molecular weight excluding hydrogens is 422 g/mol. The van der Waals surface area contributed by atoms with Crippen molar-refractivity contribution in [3.05, 3.63) is 54.2 Å². The largest absolute Gasteiger partial charge is 0.296 e. The lowest BCUT2D eigenvalue weighted by Gasteiger charge is -2.32. The number of rotatable bonds is 5. The maximum absolute atomic E-state index is 12.9. The van der Waals surface area contributed by atoms with Gasteiger partial charge in [-0.1, -0.05) is 23.8 Å². The van der Waals surface area contributed by atoms with Crippen molar-refractivity contribution in [3.8, 4) is 10.7 Å². The molecule has 156 valence electrons. The summed E-state index contributed by atoms with van der Waals surface area (Å²) in [6.07, 6.45) is 4.43. The Balaban J connectivity index is 1.46. The van der Waals surface area contributed by atoms with E-state index in [1.807, 2.05) is 25.1 Å². The van der Waals surface area contributed by atoms with Gasteiger partial charge in [-0.3, -0.25) is 15.1 Å². The molecule has 1 aliphatic rings. The number of pyridine rings is 1. The van der Waals surface area contributed by atoms with Crippen LogP contribution in [-0.2, 0) is 10.0 Å². The highest BCUT2D eigenvalue weighted by Crippen LogP contribution is 2.26. The number of anilines is 1. The fourth-order valence-electron chi connectivity index (χ4n) is 3.38. The highest BCUT2D eigenvalue weighted by Gasteiger charge is 2.30. The van der Waals surface area contributed by atoms with Crippen LogP contribution in [-0.4, -0.2) is 46.4 Å². The molecule has 0 aliphatic carbocycles. The summed E-state index contributed by atoms with van der Waals surface area (Å²) >= 11 is 1.22. The molecule has 0 bridgehead atoms. The topological polar surface area (TPSA) is 105 Å². The standard InChI is InChI=1S/C20H21N5O3S2/c1-14-6-3-5-13-25(14)30(27,28)16-10-8-15(9-11-16)18(26)22-20-24-23-19(29-20)17-7-2-4-12-21-17/h2,4,7-12,14H,3,5-6,13H2,1H3,(H,22,24,26). The highest BCUT2D eigenvalue weighted by atomic mass is 32.2. The third-order valence-electron chi connectivity index (χ3n) is 4.99. The number of amides is 1. The molecule has 1 amide bonds. The van der Waals surface area contributed by atoms with Crippen LogP contribution in [0.25, 0.3) is 10.7 Å². The molecule has 2 aromatic heterocycles. The van der Waals surface area contributed by atoms with Crippen LogP contribution in [0.5, 0.6) is 0 Å². The number of sulfonamides is 1. The van der Waals surface area contributed by atoms with Crippen molar-refractivity contribution in [1.82, 2.24) is 19.5 Å². The van der Waals surface area contributed by atoms with E-state index >= 15 is 0 Å². The van der Waals surface area contributed by atoms with Crippen LogP contribution in [0.2, 0.25) is 0 Å². The average molecular weight is 444 g/mol. The Bertz CT molecular complexity index is 1130. The van der Waals surface area contributed by atoms with Gasteiger partial charge >= 0.3 is 0 Å². The molecular formula is C20H21N5O3S2. The van der Waals surface area contributed by atoms with E-state index in [0.717, 1.165) is 19.3 Å². The van der Waals surface area contributed by atoms with E-state index in [1.54, 1.807) is 10.5 Å². The molecule has 8 nitrogen and oxygen atoms in total. The van der Waals surface area contributed by atoms with Crippen LogP contribution in [0.1, 0.15) is 36.5 Å². The first-order chi connectivity index (χ1) is 14.4. The molecule has 3 heterocycles. The van der Waals surface area contributed by atoms with Gasteiger partial charge in [-0.25, -0.2) is 8.42 Å². The molecule has 30 heavy (non-hydrogen) atoms. The first-order valence-electron chi connectivity index (χ1n) is 9.63. The van der Waals surface area contributed by atoms with E-state index in [-0.39, 0.29) is 16.8 Å². The van der Waals surface area contributed by atoms with Gasteiger partial charge in [0.25, 0.3) is 5.91 Å². The molecule has 1 aliphatic heterocycles. The number of piperidine rings is 1. The summed E-state index contributed by atoms with van der Waals surface area (Å²) < 4.78 is 27.4. The third-order valence-corrected chi connectivity index (χ3v) is 7.88. The predicted octanol–water partition coefficient (Wildman–Crippen LogP) is 3.42. The second-order valence-corrected chi connectivity index (χ2v) is 9.93. The fraction of sp³-hybridized carbons (Fsp3) is 0.300. The van der Waals surface area contributed by atoms with Gasteiger partial charge in [0.15, 0.2) is 5.01 Å². The zero-order valence-corrected chi connectivity index (χ0v) is 18.0. The maximum atomic E-state index is 12.9. The molecule has 1 aromatic carbocycles. The monoisotopic (exact) mass is 443 g/mol. The van der Waals surface area contributed by atoms with Crippen molar-refractivity contribution in [1.29, 1.82) is 0 Å². The summed E-state index contributed by atoms with van der Waals surface area (Å²) in [4.78, 5) is 16.9. The second kappa shape index (κ2) is 8.58. The number of carbonyl (C=O) groups excluding carboxylic acids is 1. The Hall–Kier alpha value is -2.69. The Kier molecular flexibility index (Phi) is 5.89. The molecule has 10 heteroatoms. The van der Waals surface area contributed by atoms with Crippen LogP contribution >= 0.6 is 11.3 Å². The van der Waals surface area contributed by atoms with E-state index in [2.05, 4.69) is 20.5 Å². The van der Waals surface area contributed by atoms with Gasteiger partial charge in [-0.2, -0.15) is 4.31 Å². The van der Waals surface area contributed by atoms with Crippen molar-refractivity contribution in [2.24, 2.45) is 0 Å². The SMILES string of the molecule is CC1CCCCN1S(=O)(=O)c1ccc(C(=O)Nc2nnc(-c3ccccn3)s2)cc1. The molecule has 3 aromatic rings. The quantitative estimate of drug-likeness (QED) is 0.648. The van der Waals surface area contributed by atoms with Crippen LogP contribution in [0, 0.1) is 0 Å². The zero-order valence-electron chi connectivity index (χ0n) is 16.4. The van der Waals surface area contributed by atoms with Gasteiger partial charge in [-0.15, -0.1) is 10.2 Å². The lowest BCUT2D eigenvalue weighted by molar-refractivity contribution is 0.102. The Morgan fingerprint density at radius 3 is 2.63 bits per heavy atom. The Morgan fingerprint density at radius 1 is 1.13 bits per heavy atom. The molecule has 0 saturated carbocycles. The predicted molar refractivity (Wildman–Crippen MR) is 115 cm³/mol. The smallest absolute Gasteiger partial charge is 0.257 e. The second-order valence-electron chi connectivity index (χ2n) is 7.07. The summed E-state index contributed by atoms with van der Waals surface area (Å²) in [6.45, 7) is 2.46. The highest BCUT2D eigenvalue weighted by molar-refractivity contribution is 7.89. The van der Waals surface area contributed by atoms with Gasteiger partial charge in [0.1, 0.15) is 5.69 Å². The van der Waals surface area contributed by atoms with Crippen molar-refractivity contribution < 1.29 is 13.2 Å². The molecule has 1 unspecified atom stereocenters. The van der Waals surface area contributed by atoms with Crippen LogP contribution in [0.4, 0.5) is 5.13 Å². The number of benzene rings is 1. The van der Waals surface area contributed by atoms with Crippen LogP contribution in [0.3, 0.4) is 0 Å². The summed E-state index contributed by atoms with van der Waals surface area (Å²) in [5.41, 5.74) is 1.02. The minimum atomic E-state index is -3.57. The van der Waals surface area contributed by atoms with Crippen molar-refractivity contribution in [3.63, 3.8) is 0 Å². The lowest BCUT2D eigenvalue weighted by atomic mass is 10.1. The third kappa shape index (κ3) is 4.25. The summed E-state index contributed by atoms with van der Waals surface area (Å²) in [7, 11) is -3.57. The van der Waals surface area contributed by atoms with Crippen molar-refractivity contribution >= 4 is 32.4 Å². The summed E-state index contributed by atoms with van der Waals surface area (Å²) in [6, 6.07) is 11.4. The lowest BCUT2D eigenvalue weighted by Crippen LogP contribution is -2.41. The number of aromatic nitrogens is 3. The van der Waals surface area contributed by atoms with Gasteiger partial charge in [0.2, 0.25) is 15.2 Å². The van der Waals surface area contributed by atoms with Crippen molar-refractivity contribution in [2.75, 3.05) is 11.9 Å². The first kappa shape index (κ1) is 20.6. The molecule has 1 fully saturated rings. The zero-order chi connectivity index (χ0) is 21.1. The Labute approximate surface area is 179 Å². The molecule has 1 saturated heterocycles. The molecule has 1 atom stereocenters. The normalized spacial score (nSPS) is 17.6. The van der Waals surface area contributed by atoms with Gasteiger partial charge in [-0.05, 0) is 56.2 Å². The number of carbonyl (C=O) groups is 1. The van der Waals surface area contributed by atoms with Gasteiger partial charge in [0, 0.05) is 24.3 Å². The van der Waals surface area contributed by atoms with Crippen LogP contribution < -0.4 is 5.32 Å². The van der Waals surface area contributed by atoms with E-state index in [1.165, 1.54) is 35.6 Å². The summed E-state index contributed by atoms with van der Waals surface area (Å²) in [5.74, 6) is -0.381. The van der Waals surface area contributed by atoms with E-state index in [0.29, 0.717) is 27.9 Å². The number of hydrogen-bond donors (Lipinski definition) is 1. The Morgan fingerprint density at radius 2 is 1.93 bits per heavy atom. The van der Waals surface area contributed by atoms with E-state index in [9.17, 15) is 13.2 Å². The molecule has 0 radical (unpaired) electrons. The van der Waals surface area contributed by atoms with E-state index in [4.69, 9.17) is 0 Å². The molecule has 0 spiro atoms. The number of nitrogens with zero attached hydrogens (tertiary/aromatic N) is 4. The summed E-state index contributed by atoms with van der Waals surface area (Å²) in [5, 5.41) is 11.7. The average Bonchev–Trinajstić information content (AvgIpc) is 3.23. The van der Waals surface area contributed by atoms with Crippen LogP contribution in [0.15, 0.2) is 53.6 Å². The van der Waals surface area contributed by atoms with Crippen molar-refractivity contribution in [2.45, 2.75) is 37.1 Å². The number of hydrogen-bond acceptors (Lipinski definition) is 7. The van der Waals surface area contributed by atoms with E-state index < -0.39 is 10.0 Å². The minimum Gasteiger partial charge on any atom is -0.296 e. The maximum Gasteiger partial charge on any atom is 0.257 e. The molecule has 4 rings (SSSR count). The minimum absolute atomic E-state index is 0.0163. The first-order valence-corrected chi connectivity index (χ1v) is 11.9. The van der Waals surface area contributed by atoms with Gasteiger partial charge < -0.3 is 0 Å².